The van der Waals surface area contributed by atoms with Crippen LogP contribution >= 0.6 is 15.9 Å². The number of nitrogens with one attached hydrogen (secondary N) is 1. The van der Waals surface area contributed by atoms with Gasteiger partial charge in [0.15, 0.2) is 0 Å². The Morgan fingerprint density at radius 3 is 2.50 bits per heavy atom. The van der Waals surface area contributed by atoms with E-state index in [0.29, 0.717) is 10.2 Å². The topological polar surface area (TPSA) is 92.4 Å². The summed E-state index contributed by atoms with van der Waals surface area (Å²) < 4.78 is 27.2. The maximum absolute atomic E-state index is 12.1. The van der Waals surface area contributed by atoms with Crippen molar-refractivity contribution >= 4 is 31.6 Å². The number of rotatable bonds is 5. The van der Waals surface area contributed by atoms with Crippen LogP contribution in [0.25, 0.3) is 0 Å². The molecule has 0 bridgehead atoms. The molecule has 0 amide bonds. The monoisotopic (exact) mass is 336 g/mol. The second-order valence-electron chi connectivity index (χ2n) is 4.34. The van der Waals surface area contributed by atoms with Crippen LogP contribution in [0.5, 0.6) is 0 Å². The molecule has 0 saturated carbocycles. The molecule has 1 atom stereocenters. The van der Waals surface area contributed by atoms with E-state index in [2.05, 4.69) is 20.7 Å². The van der Waals surface area contributed by atoms with Crippen LogP contribution in [0, 0.1) is 5.92 Å². The first-order chi connectivity index (χ1) is 8.27. The summed E-state index contributed by atoms with van der Waals surface area (Å²) >= 11 is 3.18. The lowest BCUT2D eigenvalue weighted by Gasteiger charge is -2.20. The van der Waals surface area contributed by atoms with Crippen molar-refractivity contribution in [3.63, 3.8) is 0 Å². The van der Waals surface area contributed by atoms with E-state index in [0.717, 1.165) is 0 Å². The first-order valence-electron chi connectivity index (χ1n) is 5.46. The summed E-state index contributed by atoms with van der Waals surface area (Å²) in [5, 5.41) is 9.15. The van der Waals surface area contributed by atoms with Crippen LogP contribution in [0.4, 0.5) is 5.69 Å². The minimum Gasteiger partial charge on any atom is -0.398 e. The number of sulfonamides is 1. The molecule has 1 aromatic carbocycles. The molecule has 4 N–H and O–H groups in total. The molecule has 0 unspecified atom stereocenters. The van der Waals surface area contributed by atoms with Crippen LogP contribution in [-0.2, 0) is 10.0 Å². The molecule has 0 saturated heterocycles. The van der Waals surface area contributed by atoms with Gasteiger partial charge in [-0.05, 0) is 40.0 Å². The third-order valence-electron chi connectivity index (χ3n) is 2.59. The Morgan fingerprint density at radius 2 is 2.06 bits per heavy atom. The molecule has 0 aliphatic heterocycles. The average molecular weight is 337 g/mol. The van der Waals surface area contributed by atoms with Gasteiger partial charge in [0, 0.05) is 16.2 Å². The van der Waals surface area contributed by atoms with Crippen molar-refractivity contribution in [1.82, 2.24) is 4.72 Å². The fraction of sp³-hybridized carbons (Fsp3) is 0.455. The van der Waals surface area contributed by atoms with Crippen LogP contribution in [-0.4, -0.2) is 26.2 Å². The Labute approximate surface area is 116 Å². The van der Waals surface area contributed by atoms with Crippen molar-refractivity contribution in [3.8, 4) is 0 Å². The van der Waals surface area contributed by atoms with Crippen LogP contribution in [0.15, 0.2) is 27.6 Å². The predicted octanol–water partition coefficient (Wildman–Crippen LogP) is 1.33. The number of hydrogen-bond acceptors (Lipinski definition) is 4. The smallest absolute Gasteiger partial charge is 0.240 e. The Kier molecular flexibility index (Phi) is 5.15. The van der Waals surface area contributed by atoms with E-state index in [1.54, 1.807) is 0 Å². The minimum absolute atomic E-state index is 0.00185. The maximum atomic E-state index is 12.1. The van der Waals surface area contributed by atoms with Crippen molar-refractivity contribution < 1.29 is 13.5 Å². The molecule has 0 aromatic heterocycles. The quantitative estimate of drug-likeness (QED) is 0.707. The number of nitrogen functional groups attached to an aromatic ring is 1. The SMILES string of the molecule is CC(C)[C@@H](CO)NS(=O)(=O)c1ccc(N)c(Br)c1. The standard InChI is InChI=1S/C11H17BrN2O3S/c1-7(2)11(6-15)14-18(16,17)8-3-4-10(13)9(12)5-8/h3-5,7,11,14-15H,6,13H2,1-2H3/t11-/m1/s1. The van der Waals surface area contributed by atoms with Crippen LogP contribution < -0.4 is 10.5 Å². The van der Waals surface area contributed by atoms with E-state index in [4.69, 9.17) is 10.8 Å². The molecular weight excluding hydrogens is 320 g/mol. The number of aliphatic hydroxyl groups excluding tert-OH is 1. The molecule has 18 heavy (non-hydrogen) atoms. The molecule has 0 heterocycles. The van der Waals surface area contributed by atoms with Crippen LogP contribution in [0.2, 0.25) is 0 Å². The lowest BCUT2D eigenvalue weighted by molar-refractivity contribution is 0.227. The van der Waals surface area contributed by atoms with Gasteiger partial charge < -0.3 is 10.8 Å². The van der Waals surface area contributed by atoms with E-state index in [1.165, 1.54) is 18.2 Å². The summed E-state index contributed by atoms with van der Waals surface area (Å²) in [6.07, 6.45) is 0. The summed E-state index contributed by atoms with van der Waals surface area (Å²) in [6, 6.07) is 3.87. The number of anilines is 1. The average Bonchev–Trinajstić information content (AvgIpc) is 2.29. The van der Waals surface area contributed by atoms with Crippen molar-refractivity contribution in [3.05, 3.63) is 22.7 Å². The normalized spacial score (nSPS) is 13.8. The molecule has 0 aliphatic rings. The Hall–Kier alpha value is -0.630. The van der Waals surface area contributed by atoms with E-state index >= 15 is 0 Å². The number of halogens is 1. The van der Waals surface area contributed by atoms with E-state index in [-0.39, 0.29) is 17.4 Å². The molecule has 7 heteroatoms. The molecule has 0 spiro atoms. The summed E-state index contributed by atoms with van der Waals surface area (Å²) in [5.74, 6) is 0.00185. The highest BCUT2D eigenvalue weighted by Crippen LogP contribution is 2.23. The van der Waals surface area contributed by atoms with E-state index in [9.17, 15) is 8.42 Å². The van der Waals surface area contributed by atoms with Crippen LogP contribution in [0.3, 0.4) is 0 Å². The van der Waals surface area contributed by atoms with Gasteiger partial charge in [-0.3, -0.25) is 0 Å². The summed E-state index contributed by atoms with van der Waals surface area (Å²) in [7, 11) is -3.65. The largest absolute Gasteiger partial charge is 0.398 e. The van der Waals surface area contributed by atoms with Gasteiger partial charge in [0.25, 0.3) is 0 Å². The van der Waals surface area contributed by atoms with Crippen molar-refractivity contribution in [2.75, 3.05) is 12.3 Å². The fourth-order valence-corrected chi connectivity index (χ4v) is 3.26. The highest BCUT2D eigenvalue weighted by Gasteiger charge is 2.22. The number of benzene rings is 1. The van der Waals surface area contributed by atoms with Crippen LogP contribution in [0.1, 0.15) is 13.8 Å². The number of hydrogen-bond donors (Lipinski definition) is 3. The predicted molar refractivity (Wildman–Crippen MR) is 74.6 cm³/mol. The molecule has 102 valence electrons. The van der Waals surface area contributed by atoms with Gasteiger partial charge in [0.1, 0.15) is 0 Å². The van der Waals surface area contributed by atoms with Crippen molar-refractivity contribution in [2.45, 2.75) is 24.8 Å². The van der Waals surface area contributed by atoms with Crippen molar-refractivity contribution in [1.29, 1.82) is 0 Å². The van der Waals surface area contributed by atoms with Gasteiger partial charge in [-0.15, -0.1) is 0 Å². The number of nitrogens with two attached hydrogens (primary N) is 1. The molecule has 1 rings (SSSR count). The number of aliphatic hydroxyl groups is 1. The van der Waals surface area contributed by atoms with Gasteiger partial charge in [-0.25, -0.2) is 13.1 Å². The van der Waals surface area contributed by atoms with Gasteiger partial charge in [0.2, 0.25) is 10.0 Å². The molecule has 5 nitrogen and oxygen atoms in total. The van der Waals surface area contributed by atoms with Gasteiger partial charge in [-0.2, -0.15) is 0 Å². The molecule has 1 aromatic rings. The van der Waals surface area contributed by atoms with Gasteiger partial charge >= 0.3 is 0 Å². The Morgan fingerprint density at radius 1 is 1.44 bits per heavy atom. The fourth-order valence-electron chi connectivity index (χ4n) is 1.33. The zero-order valence-corrected chi connectivity index (χ0v) is 12.6. The summed E-state index contributed by atoms with van der Waals surface area (Å²) in [4.78, 5) is 0.114. The molecule has 0 radical (unpaired) electrons. The summed E-state index contributed by atoms with van der Waals surface area (Å²) in [6.45, 7) is 3.43. The third kappa shape index (κ3) is 3.68. The van der Waals surface area contributed by atoms with Crippen molar-refractivity contribution in [2.24, 2.45) is 5.92 Å². The van der Waals surface area contributed by atoms with Gasteiger partial charge in [-0.1, -0.05) is 13.8 Å². The van der Waals surface area contributed by atoms with E-state index in [1.807, 2.05) is 13.8 Å². The Balaban J connectivity index is 3.02. The lowest BCUT2D eigenvalue weighted by atomic mass is 10.1. The lowest BCUT2D eigenvalue weighted by Crippen LogP contribution is -2.41. The highest BCUT2D eigenvalue weighted by atomic mass is 79.9. The van der Waals surface area contributed by atoms with E-state index < -0.39 is 16.1 Å². The zero-order chi connectivity index (χ0) is 13.9. The second kappa shape index (κ2) is 6.01. The highest BCUT2D eigenvalue weighted by molar-refractivity contribution is 9.10. The second-order valence-corrected chi connectivity index (χ2v) is 6.91. The molecule has 0 fully saturated rings. The third-order valence-corrected chi connectivity index (χ3v) is 4.76. The van der Waals surface area contributed by atoms with Gasteiger partial charge in [0.05, 0.1) is 11.5 Å². The molecular formula is C11H17BrN2O3S. The summed E-state index contributed by atoms with van der Waals surface area (Å²) in [5.41, 5.74) is 6.07. The minimum atomic E-state index is -3.65. The first kappa shape index (κ1) is 15.4. The Bertz CT molecular complexity index is 517. The first-order valence-corrected chi connectivity index (χ1v) is 7.73. The molecule has 0 aliphatic carbocycles. The zero-order valence-electron chi connectivity index (χ0n) is 10.2. The maximum Gasteiger partial charge on any atom is 0.240 e.